The molecule has 2 N–H and O–H groups in total. The van der Waals surface area contributed by atoms with Crippen LogP contribution >= 0.6 is 0 Å². The second-order valence-corrected chi connectivity index (χ2v) is 2.17. The average molecular weight is 173 g/mol. The van der Waals surface area contributed by atoms with Crippen LogP contribution in [0.4, 0.5) is 0 Å². The van der Waals surface area contributed by atoms with Gasteiger partial charge in [-0.3, -0.25) is 4.79 Å². The van der Waals surface area contributed by atoms with Gasteiger partial charge in [-0.05, 0) is 6.92 Å². The minimum atomic E-state index is -1.06. The zero-order valence-electron chi connectivity index (χ0n) is 6.96. The fraction of sp³-hybridized carbons (Fsp3) is 0.429. The Morgan fingerprint density at radius 2 is 2.08 bits per heavy atom. The first-order valence-electron chi connectivity index (χ1n) is 3.25. The first kappa shape index (κ1) is 10.5. The van der Waals surface area contributed by atoms with Gasteiger partial charge >= 0.3 is 11.9 Å². The molecule has 0 fully saturated rings. The van der Waals surface area contributed by atoms with Crippen LogP contribution in [0.15, 0.2) is 12.3 Å². The minimum Gasteiger partial charge on any atom is -0.480 e. The number of esters is 1. The SMILES string of the molecule is C=C(NC(C)C(=O)O)C(=O)OC. The van der Waals surface area contributed by atoms with Gasteiger partial charge in [-0.1, -0.05) is 6.58 Å². The zero-order chi connectivity index (χ0) is 9.72. The molecule has 0 aliphatic rings. The van der Waals surface area contributed by atoms with E-state index in [9.17, 15) is 9.59 Å². The van der Waals surface area contributed by atoms with Crippen molar-refractivity contribution in [3.8, 4) is 0 Å². The van der Waals surface area contributed by atoms with Gasteiger partial charge in [-0.15, -0.1) is 0 Å². The molecule has 0 aromatic carbocycles. The fourth-order valence-electron chi connectivity index (χ4n) is 0.505. The van der Waals surface area contributed by atoms with Crippen molar-refractivity contribution < 1.29 is 19.4 Å². The quantitative estimate of drug-likeness (QED) is 0.452. The molecular weight excluding hydrogens is 162 g/mol. The number of carbonyl (C=O) groups excluding carboxylic acids is 1. The molecule has 0 bridgehead atoms. The second kappa shape index (κ2) is 4.38. The summed E-state index contributed by atoms with van der Waals surface area (Å²) in [6, 6.07) is -0.850. The molecule has 0 radical (unpaired) electrons. The average Bonchev–Trinajstić information content (AvgIpc) is 2.02. The molecule has 12 heavy (non-hydrogen) atoms. The third-order valence-electron chi connectivity index (χ3n) is 1.19. The van der Waals surface area contributed by atoms with E-state index in [0.29, 0.717) is 0 Å². The lowest BCUT2D eigenvalue weighted by atomic mass is 10.3. The molecule has 5 nitrogen and oxygen atoms in total. The van der Waals surface area contributed by atoms with Crippen molar-refractivity contribution in [1.82, 2.24) is 5.32 Å². The first-order chi connectivity index (χ1) is 5.49. The predicted molar refractivity (Wildman–Crippen MR) is 41.4 cm³/mol. The maximum Gasteiger partial charge on any atom is 0.353 e. The van der Waals surface area contributed by atoms with E-state index in [1.807, 2.05) is 0 Å². The van der Waals surface area contributed by atoms with Crippen LogP contribution in [-0.4, -0.2) is 30.2 Å². The molecule has 0 amide bonds. The highest BCUT2D eigenvalue weighted by atomic mass is 16.5. The molecule has 0 saturated carbocycles. The molecule has 0 saturated heterocycles. The van der Waals surface area contributed by atoms with Crippen LogP contribution in [0.1, 0.15) is 6.92 Å². The summed E-state index contributed by atoms with van der Waals surface area (Å²) in [5.41, 5.74) is -0.0626. The number of ether oxygens (including phenoxy) is 1. The summed E-state index contributed by atoms with van der Waals surface area (Å²) in [6.45, 7) is 4.70. The predicted octanol–water partition coefficient (Wildman–Crippen LogP) is -0.264. The smallest absolute Gasteiger partial charge is 0.353 e. The second-order valence-electron chi connectivity index (χ2n) is 2.17. The highest BCUT2D eigenvalue weighted by Crippen LogP contribution is 1.91. The Balaban J connectivity index is 4.01. The molecule has 0 heterocycles. The lowest BCUT2D eigenvalue weighted by molar-refractivity contribution is -0.139. The molecule has 1 atom stereocenters. The van der Waals surface area contributed by atoms with Crippen molar-refractivity contribution in [2.45, 2.75) is 13.0 Å². The largest absolute Gasteiger partial charge is 0.480 e. The topological polar surface area (TPSA) is 75.6 Å². The number of carbonyl (C=O) groups is 2. The van der Waals surface area contributed by atoms with Gasteiger partial charge in [0.25, 0.3) is 0 Å². The number of carboxylic acid groups (broad SMARTS) is 1. The molecule has 0 aromatic rings. The Morgan fingerprint density at radius 1 is 1.58 bits per heavy atom. The summed E-state index contributed by atoms with van der Waals surface area (Å²) in [5, 5.41) is 10.8. The van der Waals surface area contributed by atoms with E-state index in [0.717, 1.165) is 0 Å². The highest BCUT2D eigenvalue weighted by Gasteiger charge is 2.14. The van der Waals surface area contributed by atoms with E-state index >= 15 is 0 Å². The Labute approximate surface area is 70.0 Å². The number of hydrogen-bond donors (Lipinski definition) is 2. The van der Waals surface area contributed by atoms with E-state index in [1.165, 1.54) is 14.0 Å². The van der Waals surface area contributed by atoms with Crippen LogP contribution in [0.25, 0.3) is 0 Å². The normalized spacial score (nSPS) is 11.5. The van der Waals surface area contributed by atoms with Crippen molar-refractivity contribution in [2.24, 2.45) is 0 Å². The van der Waals surface area contributed by atoms with Gasteiger partial charge in [0, 0.05) is 0 Å². The minimum absolute atomic E-state index is 0.0626. The van der Waals surface area contributed by atoms with Crippen LogP contribution in [-0.2, 0) is 14.3 Å². The zero-order valence-corrected chi connectivity index (χ0v) is 6.96. The highest BCUT2D eigenvalue weighted by molar-refractivity contribution is 5.88. The monoisotopic (exact) mass is 173 g/mol. The molecule has 0 rings (SSSR count). The van der Waals surface area contributed by atoms with Crippen molar-refractivity contribution in [1.29, 1.82) is 0 Å². The molecule has 0 aliphatic carbocycles. The summed E-state index contributed by atoms with van der Waals surface area (Å²) in [6.07, 6.45) is 0. The van der Waals surface area contributed by atoms with Crippen molar-refractivity contribution in [2.75, 3.05) is 7.11 Å². The van der Waals surface area contributed by atoms with Gasteiger partial charge in [0.1, 0.15) is 11.7 Å². The fourth-order valence-corrected chi connectivity index (χ4v) is 0.505. The van der Waals surface area contributed by atoms with Crippen molar-refractivity contribution >= 4 is 11.9 Å². The van der Waals surface area contributed by atoms with Gasteiger partial charge in [-0.25, -0.2) is 4.79 Å². The number of nitrogens with one attached hydrogen (secondary N) is 1. The molecule has 0 aliphatic heterocycles. The number of carboxylic acids is 1. The Hall–Kier alpha value is -1.52. The summed E-state index contributed by atoms with van der Waals surface area (Å²) >= 11 is 0. The van der Waals surface area contributed by atoms with Crippen molar-refractivity contribution in [3.63, 3.8) is 0 Å². The van der Waals surface area contributed by atoms with E-state index in [1.54, 1.807) is 0 Å². The van der Waals surface area contributed by atoms with Crippen molar-refractivity contribution in [3.05, 3.63) is 12.3 Å². The third kappa shape index (κ3) is 3.05. The van der Waals surface area contributed by atoms with Crippen LogP contribution in [0.5, 0.6) is 0 Å². The first-order valence-corrected chi connectivity index (χ1v) is 3.25. The standard InChI is InChI=1S/C7H11NO4/c1-4(6(9)10)8-5(2)7(11)12-3/h4,8H,2H2,1,3H3,(H,9,10). The molecule has 5 heteroatoms. The molecule has 0 spiro atoms. The van der Waals surface area contributed by atoms with Gasteiger partial charge in [-0.2, -0.15) is 0 Å². The number of methoxy groups -OCH3 is 1. The number of hydrogen-bond acceptors (Lipinski definition) is 4. The van der Waals surface area contributed by atoms with Crippen LogP contribution in [0.3, 0.4) is 0 Å². The van der Waals surface area contributed by atoms with Gasteiger partial charge in [0.2, 0.25) is 0 Å². The van der Waals surface area contributed by atoms with Crippen LogP contribution < -0.4 is 5.32 Å². The van der Waals surface area contributed by atoms with Crippen LogP contribution in [0, 0.1) is 0 Å². The van der Waals surface area contributed by atoms with Gasteiger partial charge in [0.05, 0.1) is 7.11 Å². The maximum absolute atomic E-state index is 10.7. The van der Waals surface area contributed by atoms with E-state index < -0.39 is 18.0 Å². The maximum atomic E-state index is 10.7. The summed E-state index contributed by atoms with van der Waals surface area (Å²) in [7, 11) is 1.20. The molecule has 68 valence electrons. The van der Waals surface area contributed by atoms with Crippen LogP contribution in [0.2, 0.25) is 0 Å². The summed E-state index contributed by atoms with van der Waals surface area (Å²) < 4.78 is 4.30. The number of rotatable bonds is 4. The van der Waals surface area contributed by atoms with Gasteiger partial charge in [0.15, 0.2) is 0 Å². The third-order valence-corrected chi connectivity index (χ3v) is 1.19. The Bertz CT molecular complexity index is 211. The summed E-state index contributed by atoms with van der Waals surface area (Å²) in [5.74, 6) is -1.72. The lowest BCUT2D eigenvalue weighted by Crippen LogP contribution is -2.35. The van der Waals surface area contributed by atoms with E-state index in [-0.39, 0.29) is 5.70 Å². The molecular formula is C7H11NO4. The summed E-state index contributed by atoms with van der Waals surface area (Å²) in [4.78, 5) is 21.0. The molecule has 1 unspecified atom stereocenters. The van der Waals surface area contributed by atoms with E-state index in [4.69, 9.17) is 5.11 Å². The Morgan fingerprint density at radius 3 is 2.42 bits per heavy atom. The lowest BCUT2D eigenvalue weighted by Gasteiger charge is -2.10. The van der Waals surface area contributed by atoms with Gasteiger partial charge < -0.3 is 15.2 Å². The number of aliphatic carboxylic acids is 1. The molecule has 0 aromatic heterocycles. The van der Waals surface area contributed by atoms with E-state index in [2.05, 4.69) is 16.6 Å². The Kier molecular flexibility index (Phi) is 3.82.